The summed E-state index contributed by atoms with van der Waals surface area (Å²) >= 11 is 0. The summed E-state index contributed by atoms with van der Waals surface area (Å²) in [7, 11) is 1.70. The topological polar surface area (TPSA) is 30.5 Å². The first-order valence-corrected chi connectivity index (χ1v) is 10.2. The number of benzene rings is 2. The van der Waals surface area contributed by atoms with Crippen molar-refractivity contribution in [2.45, 2.75) is 57.1 Å². The van der Waals surface area contributed by atoms with Crippen LogP contribution in [0.2, 0.25) is 0 Å². The third-order valence-electron chi connectivity index (χ3n) is 6.22. The Morgan fingerprint density at radius 1 is 1.11 bits per heavy atom. The molecule has 0 spiro atoms. The Morgan fingerprint density at radius 2 is 1.82 bits per heavy atom. The van der Waals surface area contributed by atoms with Crippen LogP contribution >= 0.6 is 0 Å². The zero-order valence-corrected chi connectivity index (χ0v) is 17.3. The highest BCUT2D eigenvalue weighted by Crippen LogP contribution is 2.45. The first-order chi connectivity index (χ1) is 13.5. The molecule has 1 N–H and O–H groups in total. The Bertz CT molecular complexity index is 746. The molecule has 2 aromatic rings. The standard InChI is InChI=1S/C24H32FNO2/c1-4-23(2)18-24(14-16-28-23,20-7-11-22(27-3)12-8-20)13-15-26-17-19-5-9-21(25)10-6-19/h5-12,26H,4,13-18H2,1-3H3/t23-,24+/m0/s1. The van der Waals surface area contributed by atoms with E-state index in [0.29, 0.717) is 0 Å². The second-order valence-corrected chi connectivity index (χ2v) is 8.14. The molecule has 0 saturated carbocycles. The quantitative estimate of drug-likeness (QED) is 0.631. The molecule has 4 heteroatoms. The molecule has 0 bridgehead atoms. The van der Waals surface area contributed by atoms with E-state index < -0.39 is 0 Å². The van der Waals surface area contributed by atoms with Crippen LogP contribution in [0.4, 0.5) is 4.39 Å². The fraction of sp³-hybridized carbons (Fsp3) is 0.500. The zero-order chi connectivity index (χ0) is 20.0. The molecule has 3 rings (SSSR count). The van der Waals surface area contributed by atoms with Gasteiger partial charge in [-0.05, 0) is 74.5 Å². The van der Waals surface area contributed by atoms with Gasteiger partial charge in [0, 0.05) is 18.6 Å². The number of methoxy groups -OCH3 is 1. The molecule has 2 aromatic carbocycles. The molecule has 0 unspecified atom stereocenters. The summed E-state index contributed by atoms with van der Waals surface area (Å²) in [6.07, 6.45) is 4.08. The van der Waals surface area contributed by atoms with Gasteiger partial charge in [-0.15, -0.1) is 0 Å². The molecule has 0 radical (unpaired) electrons. The van der Waals surface area contributed by atoms with Crippen LogP contribution in [0.5, 0.6) is 5.75 Å². The first kappa shape index (κ1) is 20.8. The van der Waals surface area contributed by atoms with Gasteiger partial charge in [0.25, 0.3) is 0 Å². The predicted octanol–water partition coefficient (Wildman–Crippen LogP) is 5.23. The van der Waals surface area contributed by atoms with Crippen LogP contribution < -0.4 is 10.1 Å². The van der Waals surface area contributed by atoms with Crippen molar-refractivity contribution in [1.82, 2.24) is 5.32 Å². The highest BCUT2D eigenvalue weighted by molar-refractivity contribution is 5.33. The smallest absolute Gasteiger partial charge is 0.123 e. The molecule has 2 atom stereocenters. The Kier molecular flexibility index (Phi) is 6.73. The van der Waals surface area contributed by atoms with Gasteiger partial charge in [-0.1, -0.05) is 31.2 Å². The molecule has 152 valence electrons. The first-order valence-electron chi connectivity index (χ1n) is 10.2. The Morgan fingerprint density at radius 3 is 2.46 bits per heavy atom. The van der Waals surface area contributed by atoms with E-state index >= 15 is 0 Å². The van der Waals surface area contributed by atoms with E-state index in [1.165, 1.54) is 17.7 Å². The second-order valence-electron chi connectivity index (χ2n) is 8.14. The minimum Gasteiger partial charge on any atom is -0.497 e. The van der Waals surface area contributed by atoms with Crippen molar-refractivity contribution in [3.63, 3.8) is 0 Å². The minimum atomic E-state index is -0.191. The maximum absolute atomic E-state index is 13.1. The SMILES string of the molecule is CC[C@@]1(C)C[C@](CCNCc2ccc(F)cc2)(c2ccc(OC)cc2)CCO1. The van der Waals surface area contributed by atoms with Crippen molar-refractivity contribution < 1.29 is 13.9 Å². The van der Waals surface area contributed by atoms with Crippen molar-refractivity contribution in [3.8, 4) is 5.75 Å². The molecule has 1 saturated heterocycles. The maximum atomic E-state index is 13.1. The van der Waals surface area contributed by atoms with Gasteiger partial charge < -0.3 is 14.8 Å². The van der Waals surface area contributed by atoms with Gasteiger partial charge in [0.1, 0.15) is 11.6 Å². The molecule has 0 aliphatic carbocycles. The predicted molar refractivity (Wildman–Crippen MR) is 111 cm³/mol. The van der Waals surface area contributed by atoms with Crippen LogP contribution in [0.3, 0.4) is 0 Å². The van der Waals surface area contributed by atoms with Gasteiger partial charge in [-0.25, -0.2) is 4.39 Å². The van der Waals surface area contributed by atoms with Gasteiger partial charge in [-0.2, -0.15) is 0 Å². The van der Waals surface area contributed by atoms with Crippen molar-refractivity contribution in [1.29, 1.82) is 0 Å². The Hall–Kier alpha value is -1.91. The van der Waals surface area contributed by atoms with E-state index in [-0.39, 0.29) is 16.8 Å². The lowest BCUT2D eigenvalue weighted by molar-refractivity contribution is -0.0979. The summed E-state index contributed by atoms with van der Waals surface area (Å²) in [6, 6.07) is 15.2. The molecular weight excluding hydrogens is 353 g/mol. The summed E-state index contributed by atoms with van der Waals surface area (Å²) in [6.45, 7) is 6.88. The van der Waals surface area contributed by atoms with Gasteiger partial charge in [0.2, 0.25) is 0 Å². The maximum Gasteiger partial charge on any atom is 0.123 e. The van der Waals surface area contributed by atoms with Crippen molar-refractivity contribution in [2.24, 2.45) is 0 Å². The van der Waals surface area contributed by atoms with Crippen molar-refractivity contribution in [2.75, 3.05) is 20.3 Å². The highest BCUT2D eigenvalue weighted by Gasteiger charge is 2.43. The lowest BCUT2D eigenvalue weighted by Gasteiger charge is -2.47. The summed E-state index contributed by atoms with van der Waals surface area (Å²) in [4.78, 5) is 0. The Balaban J connectivity index is 1.71. The molecule has 0 amide bonds. The average Bonchev–Trinajstić information content (AvgIpc) is 2.73. The van der Waals surface area contributed by atoms with Gasteiger partial charge >= 0.3 is 0 Å². The normalized spacial score (nSPS) is 24.9. The molecule has 3 nitrogen and oxygen atoms in total. The summed E-state index contributed by atoms with van der Waals surface area (Å²) < 4.78 is 24.6. The van der Waals surface area contributed by atoms with Crippen molar-refractivity contribution >= 4 is 0 Å². The monoisotopic (exact) mass is 385 g/mol. The highest BCUT2D eigenvalue weighted by atomic mass is 19.1. The van der Waals surface area contributed by atoms with Crippen LogP contribution in [0.1, 0.15) is 50.7 Å². The fourth-order valence-corrected chi connectivity index (χ4v) is 4.29. The average molecular weight is 386 g/mol. The third-order valence-corrected chi connectivity index (χ3v) is 6.22. The number of ether oxygens (including phenoxy) is 2. The van der Waals surface area contributed by atoms with Crippen LogP contribution in [0.25, 0.3) is 0 Å². The molecule has 0 aromatic heterocycles. The van der Waals surface area contributed by atoms with E-state index in [1.54, 1.807) is 7.11 Å². The van der Waals surface area contributed by atoms with E-state index in [4.69, 9.17) is 9.47 Å². The van der Waals surface area contributed by atoms with E-state index in [1.807, 2.05) is 12.1 Å². The molecule has 1 aliphatic heterocycles. The van der Waals surface area contributed by atoms with Gasteiger partial charge in [0.15, 0.2) is 0 Å². The fourth-order valence-electron chi connectivity index (χ4n) is 4.29. The lowest BCUT2D eigenvalue weighted by atomic mass is 9.66. The van der Waals surface area contributed by atoms with Crippen LogP contribution in [-0.4, -0.2) is 25.9 Å². The number of nitrogens with one attached hydrogen (secondary N) is 1. The number of halogens is 1. The third kappa shape index (κ3) is 4.92. The molecule has 1 fully saturated rings. The van der Waals surface area contributed by atoms with E-state index in [0.717, 1.165) is 56.7 Å². The summed E-state index contributed by atoms with van der Waals surface area (Å²) in [5.74, 6) is 0.696. The number of hydrogen-bond donors (Lipinski definition) is 1. The number of rotatable bonds is 8. The van der Waals surface area contributed by atoms with Crippen LogP contribution in [0.15, 0.2) is 48.5 Å². The van der Waals surface area contributed by atoms with Gasteiger partial charge in [0.05, 0.1) is 12.7 Å². The molecule has 1 aliphatic rings. The summed E-state index contributed by atoms with van der Waals surface area (Å²) in [5.41, 5.74) is 2.46. The van der Waals surface area contributed by atoms with Gasteiger partial charge in [-0.3, -0.25) is 0 Å². The van der Waals surface area contributed by atoms with Crippen molar-refractivity contribution in [3.05, 3.63) is 65.5 Å². The second kappa shape index (κ2) is 9.06. The molecular formula is C24H32FNO2. The zero-order valence-electron chi connectivity index (χ0n) is 17.3. The lowest BCUT2D eigenvalue weighted by Crippen LogP contribution is -2.46. The van der Waals surface area contributed by atoms with Crippen LogP contribution in [0, 0.1) is 5.82 Å². The summed E-state index contributed by atoms with van der Waals surface area (Å²) in [5, 5.41) is 3.54. The molecule has 1 heterocycles. The minimum absolute atomic E-state index is 0.0882. The van der Waals surface area contributed by atoms with Crippen LogP contribution in [-0.2, 0) is 16.7 Å². The largest absolute Gasteiger partial charge is 0.497 e. The molecule has 28 heavy (non-hydrogen) atoms. The Labute approximate surface area is 168 Å². The van der Waals surface area contributed by atoms with E-state index in [2.05, 4.69) is 43.4 Å². The number of hydrogen-bond acceptors (Lipinski definition) is 3. The van der Waals surface area contributed by atoms with E-state index in [9.17, 15) is 4.39 Å².